The van der Waals surface area contributed by atoms with Gasteiger partial charge >= 0.3 is 0 Å². The number of rotatable bonds is 7. The summed E-state index contributed by atoms with van der Waals surface area (Å²) in [5.41, 5.74) is 3.52. The number of anilines is 1. The maximum atomic E-state index is 13.2. The van der Waals surface area contributed by atoms with Crippen LogP contribution in [-0.2, 0) is 16.4 Å². The summed E-state index contributed by atoms with van der Waals surface area (Å²) in [5.74, 6) is -0.151. The third-order valence-electron chi connectivity index (χ3n) is 6.03. The zero-order valence-corrected chi connectivity index (χ0v) is 20.5. The number of fused-ring (bicyclic) bond motifs is 1. The topological polar surface area (TPSA) is 66.5 Å². The molecule has 1 N–H and O–H groups in total. The molecular weight excluding hydrogens is 452 g/mol. The lowest BCUT2D eigenvalue weighted by Crippen LogP contribution is -2.32. The molecule has 0 saturated heterocycles. The molecule has 0 aromatic heterocycles. The first kappa shape index (κ1) is 23.4. The van der Waals surface area contributed by atoms with E-state index in [0.29, 0.717) is 11.3 Å². The molecule has 0 radical (unpaired) electrons. The molecule has 7 heteroatoms. The van der Waals surface area contributed by atoms with Crippen molar-refractivity contribution in [1.82, 2.24) is 5.32 Å². The zero-order chi connectivity index (χ0) is 23.4. The maximum absolute atomic E-state index is 13.2. The van der Waals surface area contributed by atoms with Crippen molar-refractivity contribution < 1.29 is 13.2 Å². The molecule has 4 rings (SSSR count). The Morgan fingerprint density at radius 1 is 1.03 bits per heavy atom. The van der Waals surface area contributed by atoms with Gasteiger partial charge in [0.1, 0.15) is 0 Å². The number of hydrogen-bond donors (Lipinski definition) is 1. The molecule has 0 spiro atoms. The molecule has 0 bridgehead atoms. The first-order valence-corrected chi connectivity index (χ1v) is 13.8. The number of amides is 1. The fraction of sp³-hybridized carbons (Fsp3) is 0.269. The van der Waals surface area contributed by atoms with E-state index in [1.807, 2.05) is 30.5 Å². The van der Waals surface area contributed by atoms with Gasteiger partial charge in [-0.15, -0.1) is 11.8 Å². The van der Waals surface area contributed by atoms with Gasteiger partial charge in [0.2, 0.25) is 0 Å². The number of sulfonamides is 1. The van der Waals surface area contributed by atoms with Gasteiger partial charge in [-0.3, -0.25) is 9.10 Å². The molecule has 1 amide bonds. The normalized spacial score (nSPS) is 15.5. The van der Waals surface area contributed by atoms with Crippen LogP contribution in [-0.4, -0.2) is 27.1 Å². The van der Waals surface area contributed by atoms with Crippen molar-refractivity contribution in [3.8, 4) is 0 Å². The number of aryl methyl sites for hydroxylation is 1. The van der Waals surface area contributed by atoms with Crippen LogP contribution in [0.15, 0.2) is 82.6 Å². The monoisotopic (exact) mass is 480 g/mol. The molecule has 0 heterocycles. The Balaban J connectivity index is 1.51. The Bertz CT molecular complexity index is 1220. The highest BCUT2D eigenvalue weighted by Gasteiger charge is 2.25. The van der Waals surface area contributed by atoms with E-state index in [1.165, 1.54) is 15.4 Å². The number of nitrogens with zero attached hydrogens (tertiary/aromatic N) is 1. The van der Waals surface area contributed by atoms with E-state index in [9.17, 15) is 13.2 Å². The third kappa shape index (κ3) is 4.94. The number of hydrogen-bond acceptors (Lipinski definition) is 4. The lowest BCUT2D eigenvalue weighted by molar-refractivity contribution is 0.0932. The summed E-state index contributed by atoms with van der Waals surface area (Å²) in [7, 11) is -3.69. The summed E-state index contributed by atoms with van der Waals surface area (Å²) in [5, 5.41) is 3.15. The molecular formula is C26H28N2O3S2. The minimum atomic E-state index is -3.69. The van der Waals surface area contributed by atoms with Crippen LogP contribution in [0.4, 0.5) is 5.69 Å². The smallest absolute Gasteiger partial charge is 0.264 e. The second-order valence-electron chi connectivity index (χ2n) is 8.01. The van der Waals surface area contributed by atoms with Gasteiger partial charge in [-0.1, -0.05) is 24.3 Å². The molecule has 5 nitrogen and oxygen atoms in total. The Morgan fingerprint density at radius 2 is 1.73 bits per heavy atom. The fourth-order valence-electron chi connectivity index (χ4n) is 4.29. The molecule has 1 aliphatic carbocycles. The standard InChI is InChI=1S/C26H28N2O3S2/c1-3-28(33(30,31)23-17-15-22(32-2)16-18-23)21-13-11-20(12-14-21)26(29)27-25-10-6-8-19-7-4-5-9-24(19)25/h4-5,7,9,11-18,25H,3,6,8,10H2,1-2H3,(H,27,29)/t25-/m1/s1. The van der Waals surface area contributed by atoms with Crippen LogP contribution in [0.5, 0.6) is 0 Å². The zero-order valence-electron chi connectivity index (χ0n) is 18.8. The highest BCUT2D eigenvalue weighted by atomic mass is 32.2. The van der Waals surface area contributed by atoms with Gasteiger partial charge < -0.3 is 5.32 Å². The first-order chi connectivity index (χ1) is 15.9. The predicted octanol–water partition coefficient (Wildman–Crippen LogP) is 5.43. The van der Waals surface area contributed by atoms with E-state index in [-0.39, 0.29) is 23.4 Å². The molecule has 3 aromatic carbocycles. The lowest BCUT2D eigenvalue weighted by atomic mass is 9.87. The van der Waals surface area contributed by atoms with Crippen LogP contribution in [0.1, 0.15) is 47.3 Å². The number of thioether (sulfide) groups is 1. The Morgan fingerprint density at radius 3 is 2.39 bits per heavy atom. The summed E-state index contributed by atoms with van der Waals surface area (Å²) in [6.45, 7) is 2.09. The van der Waals surface area contributed by atoms with Crippen LogP contribution in [0.25, 0.3) is 0 Å². The summed E-state index contributed by atoms with van der Waals surface area (Å²) >= 11 is 1.57. The van der Waals surface area contributed by atoms with Crippen molar-refractivity contribution in [2.24, 2.45) is 0 Å². The van der Waals surface area contributed by atoms with Crippen LogP contribution in [0.2, 0.25) is 0 Å². The van der Waals surface area contributed by atoms with Crippen LogP contribution in [0, 0.1) is 0 Å². The van der Waals surface area contributed by atoms with E-state index in [4.69, 9.17) is 0 Å². The van der Waals surface area contributed by atoms with Gasteiger partial charge in [-0.25, -0.2) is 8.42 Å². The van der Waals surface area contributed by atoms with E-state index in [0.717, 1.165) is 24.2 Å². The van der Waals surface area contributed by atoms with Gasteiger partial charge in [0.15, 0.2) is 0 Å². The summed E-state index contributed by atoms with van der Waals surface area (Å²) in [6, 6.07) is 21.9. The van der Waals surface area contributed by atoms with Gasteiger partial charge in [0, 0.05) is 17.0 Å². The van der Waals surface area contributed by atoms with E-state index in [1.54, 1.807) is 55.1 Å². The fourth-order valence-corrected chi connectivity index (χ4v) is 6.17. The first-order valence-electron chi connectivity index (χ1n) is 11.1. The van der Waals surface area contributed by atoms with Gasteiger partial charge in [-0.2, -0.15) is 0 Å². The summed E-state index contributed by atoms with van der Waals surface area (Å²) < 4.78 is 27.8. The van der Waals surface area contributed by atoms with Crippen molar-refractivity contribution >= 4 is 33.4 Å². The van der Waals surface area contributed by atoms with Gasteiger partial charge in [0.25, 0.3) is 15.9 Å². The van der Waals surface area contributed by atoms with Crippen molar-refractivity contribution in [2.45, 2.75) is 42.0 Å². The highest BCUT2D eigenvalue weighted by Crippen LogP contribution is 2.30. The molecule has 172 valence electrons. The average molecular weight is 481 g/mol. The van der Waals surface area contributed by atoms with Crippen molar-refractivity contribution in [3.63, 3.8) is 0 Å². The lowest BCUT2D eigenvalue weighted by Gasteiger charge is -2.26. The summed E-state index contributed by atoms with van der Waals surface area (Å²) in [4.78, 5) is 14.2. The maximum Gasteiger partial charge on any atom is 0.264 e. The average Bonchev–Trinajstić information content (AvgIpc) is 2.85. The van der Waals surface area contributed by atoms with E-state index < -0.39 is 10.0 Å². The Labute approximate surface area is 200 Å². The molecule has 0 saturated carbocycles. The van der Waals surface area contributed by atoms with E-state index in [2.05, 4.69) is 17.4 Å². The molecule has 33 heavy (non-hydrogen) atoms. The minimum absolute atomic E-state index is 0.00102. The quantitative estimate of drug-likeness (QED) is 0.458. The van der Waals surface area contributed by atoms with Crippen molar-refractivity contribution in [1.29, 1.82) is 0 Å². The van der Waals surface area contributed by atoms with Gasteiger partial charge in [-0.05, 0) is 92.1 Å². The van der Waals surface area contributed by atoms with Crippen LogP contribution < -0.4 is 9.62 Å². The second kappa shape index (κ2) is 10.0. The SMILES string of the molecule is CCN(c1ccc(C(=O)N[C@@H]2CCCc3ccccc32)cc1)S(=O)(=O)c1ccc(SC)cc1. The van der Waals surface area contributed by atoms with Crippen LogP contribution in [0.3, 0.4) is 0 Å². The van der Waals surface area contributed by atoms with E-state index >= 15 is 0 Å². The summed E-state index contributed by atoms with van der Waals surface area (Å²) in [6.07, 6.45) is 4.95. The minimum Gasteiger partial charge on any atom is -0.345 e. The molecule has 3 aromatic rings. The molecule has 1 aliphatic rings. The molecule has 1 atom stereocenters. The van der Waals surface area contributed by atoms with Crippen LogP contribution >= 0.6 is 11.8 Å². The predicted molar refractivity (Wildman–Crippen MR) is 134 cm³/mol. The number of carbonyl (C=O) groups excluding carboxylic acids is 1. The largest absolute Gasteiger partial charge is 0.345 e. The molecule has 0 fully saturated rings. The second-order valence-corrected chi connectivity index (χ2v) is 10.8. The highest BCUT2D eigenvalue weighted by molar-refractivity contribution is 7.98. The molecule has 0 aliphatic heterocycles. The Hall–Kier alpha value is -2.77. The van der Waals surface area contributed by atoms with Crippen molar-refractivity contribution in [2.75, 3.05) is 17.1 Å². The number of benzene rings is 3. The van der Waals surface area contributed by atoms with Gasteiger partial charge in [0.05, 0.1) is 16.6 Å². The third-order valence-corrected chi connectivity index (χ3v) is 8.69. The number of carbonyl (C=O) groups is 1. The van der Waals surface area contributed by atoms with Crippen molar-refractivity contribution in [3.05, 3.63) is 89.5 Å². The Kier molecular flexibility index (Phi) is 7.10. The molecule has 0 unspecified atom stereocenters. The number of nitrogens with one attached hydrogen (secondary N) is 1.